The number of ether oxygens (including phenoxy) is 3. The Labute approximate surface area is 513 Å². The molecule has 0 radical (unpaired) electrons. The number of unbranched alkanes of at least 4 members (excludes halogenated alkanes) is 58. The summed E-state index contributed by atoms with van der Waals surface area (Å²) < 4.78 is 17.0. The molecule has 0 fully saturated rings. The first-order chi connectivity index (χ1) is 40.5. The lowest BCUT2D eigenvalue weighted by atomic mass is 10.0. The Kier molecular flexibility index (Phi) is 70.0. The van der Waals surface area contributed by atoms with Gasteiger partial charge in [0.1, 0.15) is 13.2 Å². The van der Waals surface area contributed by atoms with Crippen molar-refractivity contribution in [3.63, 3.8) is 0 Å². The Hall–Kier alpha value is -1.85. The van der Waals surface area contributed by atoms with E-state index in [-0.39, 0.29) is 31.1 Å². The number of allylic oxidation sites excluding steroid dienone is 2. The van der Waals surface area contributed by atoms with Crippen LogP contribution in [0.2, 0.25) is 0 Å². The maximum absolute atomic E-state index is 13.0. The van der Waals surface area contributed by atoms with Gasteiger partial charge in [0, 0.05) is 19.3 Å². The fourth-order valence-electron chi connectivity index (χ4n) is 11.9. The van der Waals surface area contributed by atoms with Crippen molar-refractivity contribution >= 4 is 17.9 Å². The fourth-order valence-corrected chi connectivity index (χ4v) is 11.9. The molecule has 0 saturated carbocycles. The van der Waals surface area contributed by atoms with E-state index in [9.17, 15) is 14.4 Å². The second-order valence-electron chi connectivity index (χ2n) is 25.9. The first kappa shape index (κ1) is 80.2. The average molecular weight is 1160 g/mol. The van der Waals surface area contributed by atoms with E-state index >= 15 is 0 Å². The normalized spacial score (nSPS) is 12.0. The maximum atomic E-state index is 13.0. The SMILES string of the molecule is CCCCCCCCC/C=C\CCCCCCCCCC(=O)OC(COC(=O)CCCCCCCCCCCCCCCCCCCC)COC(=O)CCCCCCCCCCCCCCCCCCCCCCCCCCCCCC. The molecule has 0 bridgehead atoms. The van der Waals surface area contributed by atoms with Crippen molar-refractivity contribution < 1.29 is 28.6 Å². The molecular formula is C76H146O6. The molecule has 0 amide bonds. The van der Waals surface area contributed by atoms with Crippen LogP contribution in [0.25, 0.3) is 0 Å². The first-order valence-electron chi connectivity index (χ1n) is 37.7. The first-order valence-corrected chi connectivity index (χ1v) is 37.7. The van der Waals surface area contributed by atoms with Crippen LogP contribution in [0.3, 0.4) is 0 Å². The van der Waals surface area contributed by atoms with Crippen LogP contribution in [-0.2, 0) is 28.6 Å². The van der Waals surface area contributed by atoms with Crippen LogP contribution in [-0.4, -0.2) is 37.2 Å². The lowest BCUT2D eigenvalue weighted by Crippen LogP contribution is -2.30. The third kappa shape index (κ3) is 68.9. The lowest BCUT2D eigenvalue weighted by molar-refractivity contribution is -0.167. The van der Waals surface area contributed by atoms with Crippen molar-refractivity contribution in [3.8, 4) is 0 Å². The predicted octanol–water partition coefficient (Wildman–Crippen LogP) is 26.0. The van der Waals surface area contributed by atoms with E-state index in [1.807, 2.05) is 0 Å². The van der Waals surface area contributed by atoms with E-state index in [2.05, 4.69) is 32.9 Å². The number of rotatable bonds is 71. The predicted molar refractivity (Wildman–Crippen MR) is 358 cm³/mol. The lowest BCUT2D eigenvalue weighted by Gasteiger charge is -2.18. The molecule has 0 aromatic heterocycles. The Bertz CT molecular complexity index is 1280. The molecule has 1 atom stereocenters. The van der Waals surface area contributed by atoms with Crippen molar-refractivity contribution in [2.45, 2.75) is 444 Å². The summed E-state index contributed by atoms with van der Waals surface area (Å²) in [6.45, 7) is 6.74. The minimum absolute atomic E-state index is 0.0646. The Morgan fingerprint density at radius 1 is 0.232 bits per heavy atom. The molecule has 82 heavy (non-hydrogen) atoms. The summed E-state index contributed by atoms with van der Waals surface area (Å²) in [6.07, 6.45) is 86.9. The summed E-state index contributed by atoms with van der Waals surface area (Å²) in [5.41, 5.74) is 0. The van der Waals surface area contributed by atoms with Crippen molar-refractivity contribution in [2.24, 2.45) is 0 Å². The van der Waals surface area contributed by atoms with Crippen LogP contribution in [0.15, 0.2) is 12.2 Å². The molecule has 0 spiro atoms. The second kappa shape index (κ2) is 71.6. The van der Waals surface area contributed by atoms with Gasteiger partial charge in [-0.3, -0.25) is 14.4 Å². The van der Waals surface area contributed by atoms with Gasteiger partial charge in [-0.15, -0.1) is 0 Å². The maximum Gasteiger partial charge on any atom is 0.306 e. The monoisotopic (exact) mass is 1160 g/mol. The number of hydrogen-bond donors (Lipinski definition) is 0. The molecule has 0 aliphatic heterocycles. The minimum Gasteiger partial charge on any atom is -0.462 e. The minimum atomic E-state index is -0.769. The largest absolute Gasteiger partial charge is 0.462 e. The summed E-state index contributed by atoms with van der Waals surface area (Å²) in [7, 11) is 0. The molecule has 486 valence electrons. The molecule has 0 aliphatic carbocycles. The molecule has 6 nitrogen and oxygen atoms in total. The van der Waals surface area contributed by atoms with Crippen LogP contribution in [0.1, 0.15) is 438 Å². The molecule has 6 heteroatoms. The number of carbonyl (C=O) groups is 3. The Morgan fingerprint density at radius 3 is 0.610 bits per heavy atom. The van der Waals surface area contributed by atoms with Crippen LogP contribution in [0.5, 0.6) is 0 Å². The van der Waals surface area contributed by atoms with Gasteiger partial charge in [-0.1, -0.05) is 386 Å². The van der Waals surface area contributed by atoms with Gasteiger partial charge in [0.15, 0.2) is 6.10 Å². The van der Waals surface area contributed by atoms with E-state index in [4.69, 9.17) is 14.2 Å². The van der Waals surface area contributed by atoms with Crippen LogP contribution >= 0.6 is 0 Å². The standard InChI is InChI=1S/C76H146O6/c1-4-7-10-13-16-19-22-25-28-31-34-35-36-37-38-39-40-41-42-43-46-48-51-54-57-60-63-66-69-75(78)81-72-73(82-76(79)70-67-64-61-58-55-52-49-45-33-30-27-24-21-18-15-12-9-6-3)71-80-74(77)68-65-62-59-56-53-50-47-44-32-29-26-23-20-17-14-11-8-5-2/h30,33,73H,4-29,31-32,34-72H2,1-3H3/b33-30-. The Balaban J connectivity index is 4.21. The molecule has 0 N–H and O–H groups in total. The van der Waals surface area contributed by atoms with E-state index in [1.54, 1.807) is 0 Å². The van der Waals surface area contributed by atoms with Crippen molar-refractivity contribution in [3.05, 3.63) is 12.2 Å². The van der Waals surface area contributed by atoms with Gasteiger partial charge in [-0.2, -0.15) is 0 Å². The van der Waals surface area contributed by atoms with E-state index in [1.165, 1.54) is 340 Å². The number of hydrogen-bond acceptors (Lipinski definition) is 6. The van der Waals surface area contributed by atoms with Gasteiger partial charge in [-0.25, -0.2) is 0 Å². The Morgan fingerprint density at radius 2 is 0.402 bits per heavy atom. The summed E-state index contributed by atoms with van der Waals surface area (Å²) >= 11 is 0. The molecule has 0 aliphatic rings. The molecule has 0 aromatic carbocycles. The van der Waals surface area contributed by atoms with Crippen LogP contribution in [0, 0.1) is 0 Å². The van der Waals surface area contributed by atoms with Gasteiger partial charge in [0.2, 0.25) is 0 Å². The van der Waals surface area contributed by atoms with Crippen molar-refractivity contribution in [1.82, 2.24) is 0 Å². The number of carbonyl (C=O) groups excluding carboxylic acids is 3. The van der Waals surface area contributed by atoms with E-state index in [0.717, 1.165) is 57.8 Å². The fraction of sp³-hybridized carbons (Fsp3) is 0.934. The second-order valence-corrected chi connectivity index (χ2v) is 25.9. The summed E-state index contributed by atoms with van der Waals surface area (Å²) in [4.78, 5) is 38.5. The zero-order valence-electron chi connectivity index (χ0n) is 56.1. The topological polar surface area (TPSA) is 78.9 Å². The van der Waals surface area contributed by atoms with Crippen molar-refractivity contribution in [2.75, 3.05) is 13.2 Å². The van der Waals surface area contributed by atoms with Gasteiger partial charge in [-0.05, 0) is 44.9 Å². The molecular weight excluding hydrogens is 1010 g/mol. The van der Waals surface area contributed by atoms with Gasteiger partial charge in [0.25, 0.3) is 0 Å². The smallest absolute Gasteiger partial charge is 0.306 e. The highest BCUT2D eigenvalue weighted by Crippen LogP contribution is 2.20. The van der Waals surface area contributed by atoms with Crippen LogP contribution < -0.4 is 0 Å². The highest BCUT2D eigenvalue weighted by Gasteiger charge is 2.20. The van der Waals surface area contributed by atoms with Crippen molar-refractivity contribution in [1.29, 1.82) is 0 Å². The zero-order chi connectivity index (χ0) is 59.2. The highest BCUT2D eigenvalue weighted by molar-refractivity contribution is 5.71. The molecule has 0 saturated heterocycles. The quantitative estimate of drug-likeness (QED) is 0.0261. The molecule has 0 rings (SSSR count). The number of esters is 3. The molecule has 1 unspecified atom stereocenters. The highest BCUT2D eigenvalue weighted by atomic mass is 16.6. The molecule has 0 aromatic rings. The average Bonchev–Trinajstić information content (AvgIpc) is 3.47. The van der Waals surface area contributed by atoms with E-state index < -0.39 is 6.10 Å². The van der Waals surface area contributed by atoms with Gasteiger partial charge in [0.05, 0.1) is 0 Å². The summed E-state index contributed by atoms with van der Waals surface area (Å²) in [6, 6.07) is 0. The summed E-state index contributed by atoms with van der Waals surface area (Å²) in [5.74, 6) is -0.829. The third-order valence-corrected chi connectivity index (χ3v) is 17.5. The van der Waals surface area contributed by atoms with Crippen LogP contribution in [0.4, 0.5) is 0 Å². The van der Waals surface area contributed by atoms with E-state index in [0.29, 0.717) is 19.3 Å². The molecule has 0 heterocycles. The van der Waals surface area contributed by atoms with Gasteiger partial charge < -0.3 is 14.2 Å². The summed E-state index contributed by atoms with van der Waals surface area (Å²) in [5, 5.41) is 0. The van der Waals surface area contributed by atoms with Gasteiger partial charge >= 0.3 is 17.9 Å². The third-order valence-electron chi connectivity index (χ3n) is 17.5. The zero-order valence-corrected chi connectivity index (χ0v) is 56.1.